The molecule has 0 bridgehead atoms. The highest BCUT2D eigenvalue weighted by molar-refractivity contribution is 7.47. The van der Waals surface area contributed by atoms with Gasteiger partial charge in [0.1, 0.15) is 25.4 Å². The predicted molar refractivity (Wildman–Crippen MR) is 463 cm³/mol. The van der Waals surface area contributed by atoms with Crippen LogP contribution in [0.1, 0.15) is 355 Å². The zero-order valence-electron chi connectivity index (χ0n) is 69.8. The highest BCUT2D eigenvalue weighted by Crippen LogP contribution is 2.45. The number of allylic oxidation sites excluding steroid dienone is 26. The SMILES string of the molecule is CC/C=C\C/C=C\C/C=C\C/C=C\C/C=C\C/C=C\CCCCCCCCCCCCCCCCC(=O)OCC(O)COP(=O)(O)OCC(O)COP(=O)(O)OCC(COC(=O)CCCCCCCCCCCCCC/C=C\C/C=C\C/C=C\C/C=C\C/C=C\C/C=C\CC)OC(=O)CCCCCCC/C=C\CCCC. The Morgan fingerprint density at radius 1 is 0.261 bits per heavy atom. The molecule has 0 aliphatic carbocycles. The molecule has 0 saturated carbocycles. The maximum Gasteiger partial charge on any atom is 0.472 e. The molecule has 16 nitrogen and oxygen atoms in total. The Labute approximate surface area is 676 Å². The molecule has 0 fully saturated rings. The summed E-state index contributed by atoms with van der Waals surface area (Å²) in [6.07, 6.45) is 107. The van der Waals surface area contributed by atoms with E-state index in [9.17, 15) is 43.5 Å². The molecule has 4 N–H and O–H groups in total. The van der Waals surface area contributed by atoms with E-state index in [4.69, 9.17) is 32.3 Å². The molecule has 0 heterocycles. The summed E-state index contributed by atoms with van der Waals surface area (Å²) in [5, 5.41) is 20.7. The average molecular weight is 1590 g/mol. The molecule has 5 unspecified atom stereocenters. The van der Waals surface area contributed by atoms with Crippen LogP contribution in [0.3, 0.4) is 0 Å². The number of carbonyl (C=O) groups is 3. The van der Waals surface area contributed by atoms with E-state index < -0.39 is 91.5 Å². The normalized spacial score (nSPS) is 14.6. The number of esters is 3. The van der Waals surface area contributed by atoms with E-state index >= 15 is 0 Å². The average Bonchev–Trinajstić information content (AvgIpc) is 0.898. The summed E-state index contributed by atoms with van der Waals surface area (Å²) in [5.41, 5.74) is 0. The molecule has 0 spiro atoms. The lowest BCUT2D eigenvalue weighted by Crippen LogP contribution is -2.30. The van der Waals surface area contributed by atoms with Crippen molar-refractivity contribution >= 4 is 33.6 Å². The fourth-order valence-electron chi connectivity index (χ4n) is 11.6. The van der Waals surface area contributed by atoms with Crippen molar-refractivity contribution in [1.82, 2.24) is 0 Å². The zero-order chi connectivity index (χ0) is 80.8. The fourth-order valence-corrected chi connectivity index (χ4v) is 13.2. The van der Waals surface area contributed by atoms with Crippen LogP contribution in [-0.4, -0.2) is 95.9 Å². The molecule has 636 valence electrons. The lowest BCUT2D eigenvalue weighted by atomic mass is 10.0. The van der Waals surface area contributed by atoms with Gasteiger partial charge < -0.3 is 34.2 Å². The van der Waals surface area contributed by atoms with E-state index in [1.54, 1.807) is 0 Å². The molecule has 0 saturated heterocycles. The summed E-state index contributed by atoms with van der Waals surface area (Å²) in [6, 6.07) is 0. The minimum atomic E-state index is -4.93. The molecule has 0 aliphatic rings. The third-order valence-corrected chi connectivity index (χ3v) is 20.1. The van der Waals surface area contributed by atoms with Crippen molar-refractivity contribution in [2.24, 2.45) is 0 Å². The van der Waals surface area contributed by atoms with Gasteiger partial charge in [-0.25, -0.2) is 9.13 Å². The van der Waals surface area contributed by atoms with Crippen LogP contribution in [-0.2, 0) is 55.8 Å². The van der Waals surface area contributed by atoms with Gasteiger partial charge in [-0.05, 0) is 141 Å². The molecule has 0 aliphatic heterocycles. The molecule has 0 rings (SSSR count). The lowest BCUT2D eigenvalue weighted by molar-refractivity contribution is -0.161. The molecule has 0 aromatic heterocycles. The highest BCUT2D eigenvalue weighted by Gasteiger charge is 2.29. The highest BCUT2D eigenvalue weighted by atomic mass is 31.2. The predicted octanol–water partition coefficient (Wildman–Crippen LogP) is 26.5. The minimum absolute atomic E-state index is 0.0918. The van der Waals surface area contributed by atoms with E-state index in [1.807, 2.05) is 0 Å². The molecule has 18 heteroatoms. The van der Waals surface area contributed by atoms with Gasteiger partial charge in [-0.15, -0.1) is 0 Å². The molecule has 5 atom stereocenters. The Bertz CT molecular complexity index is 2650. The van der Waals surface area contributed by atoms with Gasteiger partial charge in [0.05, 0.1) is 26.4 Å². The smallest absolute Gasteiger partial charge is 0.463 e. The molecule has 0 amide bonds. The standard InChI is InChI=1S/C93H158O16P2/c1-4-7-10-13-16-19-22-24-26-28-30-32-34-36-38-40-42-43-45-47-48-50-52-54-56-58-60-62-65-67-70-73-76-79-91(96)103-82-88(94)83-105-110(99,100)106-84-89(95)85-107-111(101,102)108-87-90(109-93(98)81-78-75-72-69-64-21-18-15-12-9-6-3)86-104-92(97)80-77-74-71-68-66-63-61-59-57-55-53-51-49-46-44-41-39-37-35-33-31-29-27-25-23-20-17-14-11-8-5-2/h7-8,10-11,15-20,24-27,30-33,36-39,42-44,46,88-90,94-95H,4-6,9,12-14,21-23,28-29,34-35,40-41,45,47-87H2,1-3H3,(H,99,100)(H,101,102)/b10-7-,11-8-,18-15-,19-16-,20-17-,26-24-,27-25-,32-30-,33-31-,38-36-,39-37-,43-42-,46-44-. The topological polar surface area (TPSA) is 231 Å². The summed E-state index contributed by atoms with van der Waals surface area (Å²) in [7, 11) is -9.79. The summed E-state index contributed by atoms with van der Waals surface area (Å²) in [5.74, 6) is -1.58. The van der Waals surface area contributed by atoms with Crippen LogP contribution in [0.2, 0.25) is 0 Å². The van der Waals surface area contributed by atoms with Crippen LogP contribution in [0.15, 0.2) is 158 Å². The van der Waals surface area contributed by atoms with Crippen LogP contribution < -0.4 is 0 Å². The number of phosphoric acid groups is 2. The van der Waals surface area contributed by atoms with Gasteiger partial charge in [-0.2, -0.15) is 0 Å². The van der Waals surface area contributed by atoms with Gasteiger partial charge in [0, 0.05) is 19.3 Å². The lowest BCUT2D eigenvalue weighted by Gasteiger charge is -2.21. The number of aliphatic hydroxyl groups is 2. The van der Waals surface area contributed by atoms with Crippen molar-refractivity contribution in [2.75, 3.05) is 39.6 Å². The van der Waals surface area contributed by atoms with Gasteiger partial charge in [0.15, 0.2) is 6.10 Å². The van der Waals surface area contributed by atoms with Crippen LogP contribution in [0, 0.1) is 0 Å². The fraction of sp³-hybridized carbons (Fsp3) is 0.688. The second-order valence-electron chi connectivity index (χ2n) is 28.9. The minimum Gasteiger partial charge on any atom is -0.463 e. The number of rotatable bonds is 82. The Kier molecular flexibility index (Phi) is 80.9. The van der Waals surface area contributed by atoms with Crippen molar-refractivity contribution in [1.29, 1.82) is 0 Å². The number of carbonyl (C=O) groups excluding carboxylic acids is 3. The van der Waals surface area contributed by atoms with Gasteiger partial charge >= 0.3 is 33.6 Å². The summed E-state index contributed by atoms with van der Waals surface area (Å²) in [6.45, 7) is 2.42. The molecular formula is C93H158O16P2. The third kappa shape index (κ3) is 85.9. The van der Waals surface area contributed by atoms with E-state index in [0.717, 1.165) is 173 Å². The quantitative estimate of drug-likeness (QED) is 0.0146. The molecule has 111 heavy (non-hydrogen) atoms. The maximum atomic E-state index is 12.9. The largest absolute Gasteiger partial charge is 0.472 e. The number of phosphoric ester groups is 2. The summed E-state index contributed by atoms with van der Waals surface area (Å²) < 4.78 is 61.2. The number of ether oxygens (including phenoxy) is 3. The van der Waals surface area contributed by atoms with Gasteiger partial charge in [0.25, 0.3) is 0 Å². The first-order valence-corrected chi connectivity index (χ1v) is 46.8. The molecule has 0 aromatic carbocycles. The Morgan fingerprint density at radius 2 is 0.477 bits per heavy atom. The Morgan fingerprint density at radius 3 is 0.766 bits per heavy atom. The van der Waals surface area contributed by atoms with E-state index in [1.165, 1.54) is 122 Å². The second kappa shape index (κ2) is 84.6. The van der Waals surface area contributed by atoms with Crippen LogP contribution in [0.4, 0.5) is 0 Å². The molecule has 0 aromatic rings. The van der Waals surface area contributed by atoms with Gasteiger partial charge in [0.2, 0.25) is 0 Å². The van der Waals surface area contributed by atoms with Crippen LogP contribution in [0.25, 0.3) is 0 Å². The summed E-state index contributed by atoms with van der Waals surface area (Å²) in [4.78, 5) is 58.7. The monoisotopic (exact) mass is 1590 g/mol. The second-order valence-corrected chi connectivity index (χ2v) is 31.8. The first kappa shape index (κ1) is 106. The Hall–Kier alpha value is -4.83. The van der Waals surface area contributed by atoms with Gasteiger partial charge in [-0.1, -0.05) is 352 Å². The maximum absolute atomic E-state index is 12.9. The zero-order valence-corrected chi connectivity index (χ0v) is 71.6. The van der Waals surface area contributed by atoms with Crippen molar-refractivity contribution in [3.63, 3.8) is 0 Å². The third-order valence-electron chi connectivity index (χ3n) is 18.2. The van der Waals surface area contributed by atoms with Crippen molar-refractivity contribution in [3.8, 4) is 0 Å². The van der Waals surface area contributed by atoms with Crippen LogP contribution >= 0.6 is 15.6 Å². The molecule has 0 radical (unpaired) electrons. The van der Waals surface area contributed by atoms with Crippen molar-refractivity contribution in [2.45, 2.75) is 373 Å². The Balaban J connectivity index is 4.38. The number of hydrogen-bond acceptors (Lipinski definition) is 14. The van der Waals surface area contributed by atoms with Crippen LogP contribution in [0.5, 0.6) is 0 Å². The first-order chi connectivity index (χ1) is 54.2. The van der Waals surface area contributed by atoms with E-state index in [-0.39, 0.29) is 19.3 Å². The van der Waals surface area contributed by atoms with E-state index in [0.29, 0.717) is 19.3 Å². The van der Waals surface area contributed by atoms with Crippen molar-refractivity contribution in [3.05, 3.63) is 158 Å². The van der Waals surface area contributed by atoms with E-state index in [2.05, 4.69) is 179 Å². The van der Waals surface area contributed by atoms with Gasteiger partial charge in [-0.3, -0.25) is 32.5 Å². The van der Waals surface area contributed by atoms with Crippen molar-refractivity contribution < 1.29 is 75.8 Å². The number of hydrogen-bond donors (Lipinski definition) is 4. The molecular weight excluding hydrogens is 1430 g/mol. The number of aliphatic hydroxyl groups excluding tert-OH is 2. The first-order valence-electron chi connectivity index (χ1n) is 43.8. The summed E-state index contributed by atoms with van der Waals surface area (Å²) >= 11 is 0. The number of unbranched alkanes of at least 4 members (excludes halogenated alkanes) is 33.